The molecule has 0 bridgehead atoms. The van der Waals surface area contributed by atoms with Crippen molar-refractivity contribution in [2.45, 2.75) is 65.4 Å². The summed E-state index contributed by atoms with van der Waals surface area (Å²) >= 11 is 0. The van der Waals surface area contributed by atoms with Crippen molar-refractivity contribution in [2.75, 3.05) is 13.2 Å². The Bertz CT molecular complexity index is 466. The molecule has 3 unspecified atom stereocenters. The van der Waals surface area contributed by atoms with E-state index in [9.17, 15) is 10.2 Å². The highest BCUT2D eigenvalue weighted by atomic mass is 16.3. The van der Waals surface area contributed by atoms with Gasteiger partial charge in [0.25, 0.3) is 0 Å². The van der Waals surface area contributed by atoms with Crippen LogP contribution in [-0.4, -0.2) is 34.6 Å². The third-order valence-corrected chi connectivity index (χ3v) is 6.72. The van der Waals surface area contributed by atoms with E-state index in [2.05, 4.69) is 27.4 Å². The maximum absolute atomic E-state index is 9.79. The molecule has 0 radical (unpaired) electrons. The van der Waals surface area contributed by atoms with Crippen LogP contribution in [0.5, 0.6) is 0 Å². The first kappa shape index (κ1) is 18.7. The van der Waals surface area contributed by atoms with Gasteiger partial charge >= 0.3 is 0 Å². The lowest BCUT2D eigenvalue weighted by Gasteiger charge is -2.58. The van der Waals surface area contributed by atoms with E-state index < -0.39 is 6.10 Å². The summed E-state index contributed by atoms with van der Waals surface area (Å²) in [5.74, 6) is 1.10. The van der Waals surface area contributed by atoms with E-state index >= 15 is 0 Å². The van der Waals surface area contributed by atoms with Crippen molar-refractivity contribution in [3.8, 4) is 0 Å². The molecule has 2 fully saturated rings. The molecular weight excluding hydrogens is 288 g/mol. The third-order valence-electron chi connectivity index (χ3n) is 6.72. The molecule has 0 spiro atoms. The maximum atomic E-state index is 9.79. The lowest BCUT2D eigenvalue weighted by Crippen LogP contribution is -2.49. The summed E-state index contributed by atoms with van der Waals surface area (Å²) < 4.78 is 0. The average Bonchev–Trinajstić information content (AvgIpc) is 2.48. The Morgan fingerprint density at radius 2 is 2.00 bits per heavy atom. The van der Waals surface area contributed by atoms with E-state index in [-0.39, 0.29) is 18.6 Å². The quantitative estimate of drug-likeness (QED) is 0.679. The van der Waals surface area contributed by atoms with Gasteiger partial charge in [-0.3, -0.25) is 0 Å². The first-order valence-corrected chi connectivity index (χ1v) is 9.02. The lowest BCUT2D eigenvalue weighted by atomic mass is 9.47. The van der Waals surface area contributed by atoms with Crippen molar-refractivity contribution >= 4 is 0 Å². The fourth-order valence-electron chi connectivity index (χ4n) is 5.40. The first-order chi connectivity index (χ1) is 10.8. The first-order valence-electron chi connectivity index (χ1n) is 9.02. The van der Waals surface area contributed by atoms with Crippen LogP contribution in [0.3, 0.4) is 0 Å². The summed E-state index contributed by atoms with van der Waals surface area (Å²) in [6, 6.07) is 0. The van der Waals surface area contributed by atoms with E-state index in [0.717, 1.165) is 12.8 Å². The summed E-state index contributed by atoms with van der Waals surface area (Å²) in [6.45, 7) is 11.0. The molecule has 4 atom stereocenters. The zero-order valence-electron chi connectivity index (χ0n) is 15.0. The zero-order chi connectivity index (χ0) is 17.3. The van der Waals surface area contributed by atoms with Gasteiger partial charge in [0.05, 0.1) is 13.2 Å². The molecule has 0 aromatic rings. The predicted octanol–water partition coefficient (Wildman–Crippen LogP) is 3.45. The summed E-state index contributed by atoms with van der Waals surface area (Å²) in [5, 5.41) is 28.3. The van der Waals surface area contributed by atoms with E-state index in [1.165, 1.54) is 31.3 Å². The van der Waals surface area contributed by atoms with Crippen LogP contribution in [0.2, 0.25) is 0 Å². The standard InChI is InChI=1S/C20H34O3/c1-14-6-9-18-19(2,3)10-5-11-20(18,4)16(14)8-7-15(12-21)17(23)13-22/h7,16-18,21-23H,1,5-6,8-13H2,2-4H3/b15-7-/t16?,17?,18?,20-/m1/s1. The van der Waals surface area contributed by atoms with Crippen LogP contribution in [0.4, 0.5) is 0 Å². The normalized spacial score (nSPS) is 35.7. The molecule has 132 valence electrons. The highest BCUT2D eigenvalue weighted by Crippen LogP contribution is 2.61. The van der Waals surface area contributed by atoms with Crippen LogP contribution < -0.4 is 0 Å². The predicted molar refractivity (Wildman–Crippen MR) is 94.0 cm³/mol. The van der Waals surface area contributed by atoms with Gasteiger partial charge in [-0.25, -0.2) is 0 Å². The van der Waals surface area contributed by atoms with Crippen LogP contribution in [-0.2, 0) is 0 Å². The van der Waals surface area contributed by atoms with E-state index in [1.807, 2.05) is 6.08 Å². The van der Waals surface area contributed by atoms with E-state index in [1.54, 1.807) is 0 Å². The van der Waals surface area contributed by atoms with Crippen molar-refractivity contribution in [1.82, 2.24) is 0 Å². The second kappa shape index (κ2) is 7.08. The van der Waals surface area contributed by atoms with Gasteiger partial charge in [-0.1, -0.05) is 45.4 Å². The van der Waals surface area contributed by atoms with Crippen LogP contribution in [0, 0.1) is 22.7 Å². The Morgan fingerprint density at radius 3 is 2.61 bits per heavy atom. The van der Waals surface area contributed by atoms with Gasteiger partial charge < -0.3 is 15.3 Å². The summed E-state index contributed by atoms with van der Waals surface area (Å²) in [4.78, 5) is 0. The van der Waals surface area contributed by atoms with Crippen LogP contribution >= 0.6 is 0 Å². The molecule has 23 heavy (non-hydrogen) atoms. The summed E-state index contributed by atoms with van der Waals surface area (Å²) in [6.07, 6.45) is 7.89. The second-order valence-corrected chi connectivity index (χ2v) is 8.52. The molecule has 0 heterocycles. The van der Waals surface area contributed by atoms with E-state index in [0.29, 0.717) is 22.8 Å². The molecule has 0 saturated heterocycles. The molecule has 0 aromatic heterocycles. The Labute approximate surface area is 141 Å². The van der Waals surface area contributed by atoms with Gasteiger partial charge in [0.2, 0.25) is 0 Å². The van der Waals surface area contributed by atoms with Crippen LogP contribution in [0.1, 0.15) is 59.3 Å². The topological polar surface area (TPSA) is 60.7 Å². The average molecular weight is 322 g/mol. The van der Waals surface area contributed by atoms with Crippen molar-refractivity contribution in [3.63, 3.8) is 0 Å². The van der Waals surface area contributed by atoms with Gasteiger partial charge in [-0.2, -0.15) is 0 Å². The number of fused-ring (bicyclic) bond motifs is 1. The monoisotopic (exact) mass is 322 g/mol. The molecule has 0 aromatic carbocycles. The number of hydrogen-bond acceptors (Lipinski definition) is 3. The summed E-state index contributed by atoms with van der Waals surface area (Å²) in [5.41, 5.74) is 2.47. The number of allylic oxidation sites excluding steroid dienone is 2. The molecule has 2 rings (SSSR count). The largest absolute Gasteiger partial charge is 0.393 e. The molecule has 0 aliphatic heterocycles. The summed E-state index contributed by atoms with van der Waals surface area (Å²) in [7, 11) is 0. The van der Waals surface area contributed by atoms with Gasteiger partial charge in [-0.15, -0.1) is 0 Å². The Kier molecular flexibility index (Phi) is 5.76. The smallest absolute Gasteiger partial charge is 0.100 e. The maximum Gasteiger partial charge on any atom is 0.100 e. The molecule has 2 aliphatic rings. The minimum Gasteiger partial charge on any atom is -0.393 e. The Hall–Kier alpha value is -0.640. The van der Waals surface area contributed by atoms with Gasteiger partial charge in [0, 0.05) is 0 Å². The van der Waals surface area contributed by atoms with Crippen LogP contribution in [0.25, 0.3) is 0 Å². The fraction of sp³-hybridized carbons (Fsp3) is 0.800. The molecular formula is C20H34O3. The third kappa shape index (κ3) is 3.57. The molecule has 3 nitrogen and oxygen atoms in total. The molecule has 3 heteroatoms. The number of rotatable bonds is 5. The zero-order valence-corrected chi connectivity index (χ0v) is 15.0. The molecule has 3 N–H and O–H groups in total. The molecule has 0 amide bonds. The molecule has 2 saturated carbocycles. The Morgan fingerprint density at radius 1 is 1.30 bits per heavy atom. The minimum absolute atomic E-state index is 0.202. The Balaban J connectivity index is 2.25. The highest BCUT2D eigenvalue weighted by molar-refractivity contribution is 5.19. The van der Waals surface area contributed by atoms with Crippen molar-refractivity contribution in [2.24, 2.45) is 22.7 Å². The lowest BCUT2D eigenvalue weighted by molar-refractivity contribution is -0.0511. The number of aliphatic hydroxyl groups is 3. The van der Waals surface area contributed by atoms with Crippen LogP contribution in [0.15, 0.2) is 23.8 Å². The van der Waals surface area contributed by atoms with Crippen molar-refractivity contribution in [3.05, 3.63) is 23.8 Å². The molecule has 2 aliphatic carbocycles. The highest BCUT2D eigenvalue weighted by Gasteiger charge is 2.52. The van der Waals surface area contributed by atoms with Gasteiger partial charge in [0.1, 0.15) is 6.10 Å². The number of hydrogen-bond donors (Lipinski definition) is 3. The number of aliphatic hydroxyl groups excluding tert-OH is 3. The SMILES string of the molecule is C=C1CCC2C(C)(C)CCC[C@]2(C)C1C/C=C(/CO)C(O)CO. The van der Waals surface area contributed by atoms with Crippen molar-refractivity contribution in [1.29, 1.82) is 0 Å². The minimum atomic E-state index is -0.955. The second-order valence-electron chi connectivity index (χ2n) is 8.52. The van der Waals surface area contributed by atoms with Gasteiger partial charge in [0.15, 0.2) is 0 Å². The fourth-order valence-corrected chi connectivity index (χ4v) is 5.40. The van der Waals surface area contributed by atoms with E-state index in [4.69, 9.17) is 5.11 Å². The van der Waals surface area contributed by atoms with Gasteiger partial charge in [-0.05, 0) is 60.3 Å². The van der Waals surface area contributed by atoms with Crippen molar-refractivity contribution < 1.29 is 15.3 Å².